The molecule has 0 amide bonds. The van der Waals surface area contributed by atoms with Gasteiger partial charge in [0.1, 0.15) is 17.1 Å². The van der Waals surface area contributed by atoms with Crippen LogP contribution in [0.3, 0.4) is 0 Å². The molecule has 5 rings (SSSR count). The van der Waals surface area contributed by atoms with Crippen molar-refractivity contribution in [1.29, 1.82) is 0 Å². The first-order valence-corrected chi connectivity index (χ1v) is 13.4. The number of ether oxygens (including phenoxy) is 2. The molecule has 1 fully saturated rings. The minimum atomic E-state index is -1.11. The van der Waals surface area contributed by atoms with Crippen LogP contribution in [0.4, 0.5) is 4.39 Å². The lowest BCUT2D eigenvalue weighted by Gasteiger charge is -2.31. The molecule has 0 bridgehead atoms. The van der Waals surface area contributed by atoms with Gasteiger partial charge in [-0.3, -0.25) is 4.79 Å². The van der Waals surface area contributed by atoms with Crippen molar-refractivity contribution in [2.45, 2.75) is 32.1 Å². The Morgan fingerprint density at radius 1 is 1.07 bits per heavy atom. The molecule has 1 aliphatic rings. The number of carboxylic acids is 1. The number of likely N-dealkylation sites (tertiary alicyclic amines) is 1. The third kappa shape index (κ3) is 7.61. The summed E-state index contributed by atoms with van der Waals surface area (Å²) in [6.45, 7) is 5.03. The molecule has 1 aromatic heterocycles. The molecule has 0 unspecified atom stereocenters. The van der Waals surface area contributed by atoms with Crippen LogP contribution in [0.5, 0.6) is 17.2 Å². The SMILES string of the molecule is COc1cc(C(C)=O)ccc1OCCCN1CCC(c2noc3cc(F)ccc23)CC1.O=C(O)c1ccccc1O. The van der Waals surface area contributed by atoms with E-state index in [0.29, 0.717) is 35.2 Å². The van der Waals surface area contributed by atoms with E-state index in [1.807, 2.05) is 0 Å². The number of nitrogens with zero attached hydrogens (tertiary/aromatic N) is 2. The van der Waals surface area contributed by atoms with Crippen molar-refractivity contribution in [3.63, 3.8) is 0 Å². The summed E-state index contributed by atoms with van der Waals surface area (Å²) in [5.74, 6) is -0.0520. The number of piperidine rings is 1. The van der Waals surface area contributed by atoms with Gasteiger partial charge < -0.3 is 29.1 Å². The summed E-state index contributed by atoms with van der Waals surface area (Å²) >= 11 is 0. The molecule has 0 radical (unpaired) electrons. The van der Waals surface area contributed by atoms with Gasteiger partial charge in [0, 0.05) is 29.5 Å². The summed E-state index contributed by atoms with van der Waals surface area (Å²) in [6, 6.07) is 15.7. The van der Waals surface area contributed by atoms with Gasteiger partial charge in [0.25, 0.3) is 0 Å². The van der Waals surface area contributed by atoms with Crippen LogP contribution in [-0.2, 0) is 0 Å². The number of methoxy groups -OCH3 is 1. The normalized spacial score (nSPS) is 13.8. The van der Waals surface area contributed by atoms with Gasteiger partial charge in [-0.1, -0.05) is 17.3 Å². The predicted molar refractivity (Wildman–Crippen MR) is 151 cm³/mol. The van der Waals surface area contributed by atoms with Crippen LogP contribution in [0.25, 0.3) is 11.0 Å². The zero-order chi connectivity index (χ0) is 29.4. The van der Waals surface area contributed by atoms with Gasteiger partial charge in [0.15, 0.2) is 22.9 Å². The lowest BCUT2D eigenvalue weighted by atomic mass is 9.91. The minimum Gasteiger partial charge on any atom is -0.507 e. The zero-order valence-corrected chi connectivity index (χ0v) is 23.0. The van der Waals surface area contributed by atoms with Crippen molar-refractivity contribution in [3.8, 4) is 17.2 Å². The van der Waals surface area contributed by atoms with Crippen molar-refractivity contribution in [2.75, 3.05) is 33.4 Å². The zero-order valence-electron chi connectivity index (χ0n) is 23.0. The number of hydrogen-bond acceptors (Lipinski definition) is 8. The molecular weight excluding hydrogens is 531 g/mol. The molecular formula is C31H33FN2O7. The van der Waals surface area contributed by atoms with E-state index in [9.17, 15) is 14.0 Å². The minimum absolute atomic E-state index is 0.000894. The molecule has 4 aromatic rings. The van der Waals surface area contributed by atoms with Gasteiger partial charge >= 0.3 is 5.97 Å². The fourth-order valence-corrected chi connectivity index (χ4v) is 4.79. The van der Waals surface area contributed by atoms with E-state index in [-0.39, 0.29) is 22.9 Å². The van der Waals surface area contributed by atoms with Crippen LogP contribution in [0.15, 0.2) is 65.2 Å². The summed E-state index contributed by atoms with van der Waals surface area (Å²) in [4.78, 5) is 24.2. The highest BCUT2D eigenvalue weighted by Crippen LogP contribution is 2.33. The van der Waals surface area contributed by atoms with Crippen molar-refractivity contribution >= 4 is 22.7 Å². The molecule has 0 spiro atoms. The fourth-order valence-electron chi connectivity index (χ4n) is 4.79. The fraction of sp³-hybridized carbons (Fsp3) is 0.323. The number of rotatable bonds is 9. The Morgan fingerprint density at radius 3 is 2.49 bits per heavy atom. The third-order valence-corrected chi connectivity index (χ3v) is 7.02. The van der Waals surface area contributed by atoms with Gasteiger partial charge in [-0.25, -0.2) is 9.18 Å². The van der Waals surface area contributed by atoms with E-state index in [1.165, 1.54) is 31.2 Å². The number of aromatic hydroxyl groups is 1. The number of carbonyl (C=O) groups is 2. The van der Waals surface area contributed by atoms with E-state index in [4.69, 9.17) is 24.2 Å². The molecule has 0 atom stereocenters. The molecule has 41 heavy (non-hydrogen) atoms. The molecule has 1 saturated heterocycles. The molecule has 3 aromatic carbocycles. The first-order chi connectivity index (χ1) is 19.8. The van der Waals surface area contributed by atoms with Crippen LogP contribution in [0.2, 0.25) is 0 Å². The highest BCUT2D eigenvalue weighted by molar-refractivity contribution is 5.94. The third-order valence-electron chi connectivity index (χ3n) is 7.02. The highest BCUT2D eigenvalue weighted by atomic mass is 19.1. The van der Waals surface area contributed by atoms with E-state index in [1.54, 1.807) is 43.5 Å². The number of benzene rings is 3. The Morgan fingerprint density at radius 2 is 1.83 bits per heavy atom. The Hall–Kier alpha value is -4.44. The number of hydrogen-bond donors (Lipinski definition) is 2. The number of aromatic carboxylic acids is 1. The van der Waals surface area contributed by atoms with E-state index < -0.39 is 5.97 Å². The first kappa shape index (κ1) is 29.5. The smallest absolute Gasteiger partial charge is 0.339 e. The molecule has 2 N–H and O–H groups in total. The molecule has 0 saturated carbocycles. The number of fused-ring (bicyclic) bond motifs is 1. The predicted octanol–water partition coefficient (Wildman–Crippen LogP) is 5.92. The van der Waals surface area contributed by atoms with Gasteiger partial charge in [0.2, 0.25) is 0 Å². The lowest BCUT2D eigenvalue weighted by Crippen LogP contribution is -2.34. The molecule has 0 aliphatic carbocycles. The number of Topliss-reactive ketones (excluding diaryl/α,β-unsaturated/α-hetero) is 1. The van der Waals surface area contributed by atoms with Crippen molar-refractivity contribution in [3.05, 3.63) is 83.3 Å². The van der Waals surface area contributed by atoms with Gasteiger partial charge in [-0.15, -0.1) is 0 Å². The molecule has 216 valence electrons. The number of ketones is 1. The maximum absolute atomic E-state index is 13.4. The average molecular weight is 565 g/mol. The van der Waals surface area contributed by atoms with Crippen LogP contribution in [0.1, 0.15) is 58.5 Å². The topological polar surface area (TPSA) is 122 Å². The highest BCUT2D eigenvalue weighted by Gasteiger charge is 2.25. The molecule has 10 heteroatoms. The van der Waals surface area contributed by atoms with Crippen LogP contribution < -0.4 is 9.47 Å². The monoisotopic (exact) mass is 564 g/mol. The van der Waals surface area contributed by atoms with Crippen molar-refractivity contribution in [2.24, 2.45) is 0 Å². The summed E-state index contributed by atoms with van der Waals surface area (Å²) in [7, 11) is 1.57. The number of carbonyl (C=O) groups excluding carboxylic acids is 1. The molecule has 1 aliphatic heterocycles. The van der Waals surface area contributed by atoms with Gasteiger partial charge in [-0.2, -0.15) is 0 Å². The maximum Gasteiger partial charge on any atom is 0.339 e. The van der Waals surface area contributed by atoms with E-state index in [0.717, 1.165) is 50.0 Å². The lowest BCUT2D eigenvalue weighted by molar-refractivity contribution is 0.0693. The average Bonchev–Trinajstić information content (AvgIpc) is 3.39. The van der Waals surface area contributed by atoms with Crippen LogP contribution in [-0.4, -0.2) is 65.4 Å². The first-order valence-electron chi connectivity index (χ1n) is 13.4. The van der Waals surface area contributed by atoms with Gasteiger partial charge in [-0.05, 0) is 81.7 Å². The number of halogens is 1. The Kier molecular flexibility index (Phi) is 9.91. The summed E-state index contributed by atoms with van der Waals surface area (Å²) in [5.41, 5.74) is 2.00. The largest absolute Gasteiger partial charge is 0.507 e. The summed E-state index contributed by atoms with van der Waals surface area (Å²) in [6.07, 6.45) is 2.90. The van der Waals surface area contributed by atoms with E-state index in [2.05, 4.69) is 10.1 Å². The number of phenols is 1. The Bertz CT molecular complexity index is 1500. The Balaban J connectivity index is 0.000000328. The van der Waals surface area contributed by atoms with Crippen LogP contribution in [0, 0.1) is 5.82 Å². The molecule has 9 nitrogen and oxygen atoms in total. The van der Waals surface area contributed by atoms with Crippen molar-refractivity contribution < 1.29 is 38.2 Å². The summed E-state index contributed by atoms with van der Waals surface area (Å²) in [5, 5.41) is 22.4. The van der Waals surface area contributed by atoms with Crippen LogP contribution >= 0.6 is 0 Å². The number of carboxylic acid groups (broad SMARTS) is 1. The number of aromatic nitrogens is 1. The molecule has 2 heterocycles. The second kappa shape index (κ2) is 13.8. The van der Waals surface area contributed by atoms with E-state index >= 15 is 0 Å². The second-order valence-corrected chi connectivity index (χ2v) is 9.77. The quantitative estimate of drug-likeness (QED) is 0.188. The van der Waals surface area contributed by atoms with Crippen molar-refractivity contribution in [1.82, 2.24) is 10.1 Å². The second-order valence-electron chi connectivity index (χ2n) is 9.77. The van der Waals surface area contributed by atoms with Gasteiger partial charge in [0.05, 0.1) is 19.4 Å². The maximum atomic E-state index is 13.4. The number of para-hydroxylation sites is 1. The standard InChI is InChI=1S/C24H27FN2O4.C7H6O3/c1-16(28)18-4-7-21(23(14-18)29-2)30-13-3-10-27-11-8-17(9-12-27)24-20-6-5-19(25)15-22(20)31-26-24;8-6-4-2-1-3-5(6)7(9)10/h4-7,14-15,17H,3,8-13H2,1-2H3;1-4,8H,(H,9,10). The Labute approximate surface area is 237 Å². The summed E-state index contributed by atoms with van der Waals surface area (Å²) < 4.78 is 29.9.